The van der Waals surface area contributed by atoms with Crippen molar-refractivity contribution in [3.8, 4) is 5.75 Å². The van der Waals surface area contributed by atoms with Gasteiger partial charge in [0.2, 0.25) is 0 Å². The third-order valence-corrected chi connectivity index (χ3v) is 4.13. The third kappa shape index (κ3) is 4.00. The van der Waals surface area contributed by atoms with Crippen LogP contribution in [0.15, 0.2) is 42.5 Å². The van der Waals surface area contributed by atoms with Gasteiger partial charge >= 0.3 is 0 Å². The van der Waals surface area contributed by atoms with Gasteiger partial charge in [-0.15, -0.1) is 0 Å². The lowest BCUT2D eigenvalue weighted by Crippen LogP contribution is -2.31. The molecule has 27 heavy (non-hydrogen) atoms. The maximum Gasteiger partial charge on any atom is 0.277 e. The standard InChI is InChI=1S/C17H14FN3O6/c18-15-3-1-2-4-16(15)27-14-5-6-19(10-14)17(22)11-7-12(20(23)24)9-13(8-11)21(25)26/h1-4,7-9,14H,5-6,10H2. The highest BCUT2D eigenvalue weighted by Crippen LogP contribution is 2.26. The number of carbonyl (C=O) groups excluding carboxylic acids is 1. The second kappa shape index (κ2) is 7.36. The third-order valence-electron chi connectivity index (χ3n) is 4.13. The van der Waals surface area contributed by atoms with E-state index in [4.69, 9.17) is 4.74 Å². The number of nitro groups is 2. The summed E-state index contributed by atoms with van der Waals surface area (Å²) < 4.78 is 19.2. The number of nitrogens with zero attached hydrogens (tertiary/aromatic N) is 3. The summed E-state index contributed by atoms with van der Waals surface area (Å²) >= 11 is 0. The van der Waals surface area contributed by atoms with E-state index in [-0.39, 0.29) is 24.4 Å². The second-order valence-corrected chi connectivity index (χ2v) is 5.96. The number of nitro benzene ring substituents is 2. The molecule has 9 nitrogen and oxygen atoms in total. The summed E-state index contributed by atoms with van der Waals surface area (Å²) in [6, 6.07) is 8.69. The number of likely N-dealkylation sites (tertiary alicyclic amines) is 1. The Kier molecular flexibility index (Phi) is 4.97. The molecule has 3 rings (SSSR count). The number of hydrogen-bond donors (Lipinski definition) is 0. The molecule has 0 spiro atoms. The van der Waals surface area contributed by atoms with Gasteiger partial charge < -0.3 is 9.64 Å². The Bertz CT molecular complexity index is 887. The van der Waals surface area contributed by atoms with Gasteiger partial charge in [-0.3, -0.25) is 25.0 Å². The first kappa shape index (κ1) is 18.2. The zero-order valence-electron chi connectivity index (χ0n) is 13.9. The number of rotatable bonds is 5. The number of non-ortho nitro benzene ring substituents is 2. The van der Waals surface area contributed by atoms with Gasteiger partial charge in [0.25, 0.3) is 17.3 Å². The minimum atomic E-state index is -0.794. The van der Waals surface area contributed by atoms with Crippen molar-refractivity contribution >= 4 is 17.3 Å². The van der Waals surface area contributed by atoms with Crippen molar-refractivity contribution in [1.82, 2.24) is 4.90 Å². The van der Waals surface area contributed by atoms with E-state index in [2.05, 4.69) is 0 Å². The first-order chi connectivity index (χ1) is 12.8. The minimum Gasteiger partial charge on any atom is -0.485 e. The fourth-order valence-corrected chi connectivity index (χ4v) is 2.84. The van der Waals surface area contributed by atoms with Crippen LogP contribution < -0.4 is 4.74 Å². The number of hydrogen-bond acceptors (Lipinski definition) is 6. The smallest absolute Gasteiger partial charge is 0.277 e. The van der Waals surface area contributed by atoms with Crippen molar-refractivity contribution in [1.29, 1.82) is 0 Å². The molecular weight excluding hydrogens is 361 g/mol. The van der Waals surface area contributed by atoms with E-state index in [9.17, 15) is 29.4 Å². The first-order valence-corrected chi connectivity index (χ1v) is 7.99. The Morgan fingerprint density at radius 2 is 1.74 bits per heavy atom. The molecule has 0 aliphatic carbocycles. The maximum absolute atomic E-state index is 13.7. The monoisotopic (exact) mass is 375 g/mol. The van der Waals surface area contributed by atoms with Crippen molar-refractivity contribution in [2.24, 2.45) is 0 Å². The molecule has 1 aliphatic rings. The zero-order chi connectivity index (χ0) is 19.6. The van der Waals surface area contributed by atoms with Crippen molar-refractivity contribution in [3.05, 3.63) is 74.1 Å². The van der Waals surface area contributed by atoms with Crippen LogP contribution in [0.3, 0.4) is 0 Å². The van der Waals surface area contributed by atoms with Crippen LogP contribution in [0, 0.1) is 26.0 Å². The van der Waals surface area contributed by atoms with Crippen LogP contribution in [0.5, 0.6) is 5.75 Å². The number of carbonyl (C=O) groups is 1. The Morgan fingerprint density at radius 1 is 1.11 bits per heavy atom. The fraction of sp³-hybridized carbons (Fsp3) is 0.235. The summed E-state index contributed by atoms with van der Waals surface area (Å²) in [5.74, 6) is -1.03. The summed E-state index contributed by atoms with van der Waals surface area (Å²) in [6.45, 7) is 0.429. The molecule has 0 N–H and O–H groups in total. The summed E-state index contributed by atoms with van der Waals surface area (Å²) in [6.07, 6.45) is -0.00331. The molecule has 1 atom stereocenters. The quantitative estimate of drug-likeness (QED) is 0.586. The van der Waals surface area contributed by atoms with E-state index in [1.54, 1.807) is 6.07 Å². The molecule has 1 saturated heterocycles. The second-order valence-electron chi connectivity index (χ2n) is 5.96. The molecular formula is C17H14FN3O6. The van der Waals surface area contributed by atoms with Crippen LogP contribution in [0.4, 0.5) is 15.8 Å². The summed E-state index contributed by atoms with van der Waals surface area (Å²) in [5.41, 5.74) is -1.22. The number of amides is 1. The lowest BCUT2D eigenvalue weighted by atomic mass is 10.1. The molecule has 1 heterocycles. The van der Waals surface area contributed by atoms with E-state index < -0.39 is 39.0 Å². The topological polar surface area (TPSA) is 116 Å². The molecule has 10 heteroatoms. The number of benzene rings is 2. The average Bonchev–Trinajstić information content (AvgIpc) is 3.11. The molecule has 0 radical (unpaired) electrons. The van der Waals surface area contributed by atoms with Gasteiger partial charge in [-0.25, -0.2) is 4.39 Å². The molecule has 0 bridgehead atoms. The highest BCUT2D eigenvalue weighted by molar-refractivity contribution is 5.95. The molecule has 1 fully saturated rings. The van der Waals surface area contributed by atoms with E-state index >= 15 is 0 Å². The molecule has 1 aliphatic heterocycles. The SMILES string of the molecule is O=C(c1cc([N+](=O)[O-])cc([N+](=O)[O-])c1)N1CCC(Oc2ccccc2F)C1. The van der Waals surface area contributed by atoms with Gasteiger partial charge in [-0.05, 0) is 12.1 Å². The Morgan fingerprint density at radius 3 is 2.33 bits per heavy atom. The van der Waals surface area contributed by atoms with E-state index in [1.165, 1.54) is 23.1 Å². The van der Waals surface area contributed by atoms with Gasteiger partial charge in [0.05, 0.1) is 28.0 Å². The fourth-order valence-electron chi connectivity index (χ4n) is 2.84. The summed E-state index contributed by atoms with van der Waals surface area (Å²) in [4.78, 5) is 34.3. The predicted octanol–water partition coefficient (Wildman–Crippen LogP) is 2.94. The highest BCUT2D eigenvalue weighted by atomic mass is 19.1. The van der Waals surface area contributed by atoms with Crippen LogP contribution in [-0.4, -0.2) is 39.8 Å². The molecule has 1 amide bonds. The van der Waals surface area contributed by atoms with E-state index in [1.807, 2.05) is 0 Å². The van der Waals surface area contributed by atoms with Crippen molar-refractivity contribution in [2.75, 3.05) is 13.1 Å². The Hall–Kier alpha value is -3.56. The molecule has 1 unspecified atom stereocenters. The summed E-state index contributed by atoms with van der Waals surface area (Å²) in [7, 11) is 0. The van der Waals surface area contributed by atoms with Gasteiger partial charge in [0, 0.05) is 25.1 Å². The van der Waals surface area contributed by atoms with Gasteiger partial charge in [-0.2, -0.15) is 0 Å². The number of para-hydroxylation sites is 1. The van der Waals surface area contributed by atoms with Crippen LogP contribution in [0.1, 0.15) is 16.8 Å². The van der Waals surface area contributed by atoms with Crippen LogP contribution in [0.25, 0.3) is 0 Å². The first-order valence-electron chi connectivity index (χ1n) is 7.99. The molecule has 2 aromatic rings. The largest absolute Gasteiger partial charge is 0.485 e. The minimum absolute atomic E-state index is 0.0720. The maximum atomic E-state index is 13.7. The van der Waals surface area contributed by atoms with Gasteiger partial charge in [-0.1, -0.05) is 12.1 Å². The van der Waals surface area contributed by atoms with Crippen molar-refractivity contribution in [2.45, 2.75) is 12.5 Å². The Balaban J connectivity index is 1.76. The lowest BCUT2D eigenvalue weighted by Gasteiger charge is -2.17. The number of ether oxygens (including phenoxy) is 1. The molecule has 0 aromatic heterocycles. The van der Waals surface area contributed by atoms with Crippen LogP contribution in [-0.2, 0) is 0 Å². The average molecular weight is 375 g/mol. The summed E-state index contributed by atoms with van der Waals surface area (Å²) in [5, 5.41) is 21.9. The highest BCUT2D eigenvalue weighted by Gasteiger charge is 2.30. The van der Waals surface area contributed by atoms with E-state index in [0.29, 0.717) is 6.42 Å². The molecule has 0 saturated carbocycles. The van der Waals surface area contributed by atoms with Crippen LogP contribution >= 0.6 is 0 Å². The van der Waals surface area contributed by atoms with Crippen LogP contribution in [0.2, 0.25) is 0 Å². The van der Waals surface area contributed by atoms with Crippen molar-refractivity contribution in [3.63, 3.8) is 0 Å². The predicted molar refractivity (Wildman–Crippen MR) is 91.1 cm³/mol. The van der Waals surface area contributed by atoms with Crippen molar-refractivity contribution < 1.29 is 23.8 Å². The van der Waals surface area contributed by atoms with E-state index in [0.717, 1.165) is 18.2 Å². The molecule has 140 valence electrons. The normalized spacial score (nSPS) is 16.2. The lowest BCUT2D eigenvalue weighted by molar-refractivity contribution is -0.394. The zero-order valence-corrected chi connectivity index (χ0v) is 13.9. The van der Waals surface area contributed by atoms with Gasteiger partial charge in [0.15, 0.2) is 11.6 Å². The molecule has 2 aromatic carbocycles. The number of halogens is 1. The van der Waals surface area contributed by atoms with Gasteiger partial charge in [0.1, 0.15) is 6.10 Å². The Labute approximate surface area is 152 Å².